The Morgan fingerprint density at radius 1 is 0.694 bits per heavy atom. The first-order valence-electron chi connectivity index (χ1n) is 12.7. The van der Waals surface area contributed by atoms with E-state index >= 15 is 0 Å². The maximum absolute atomic E-state index is 5.93. The van der Waals surface area contributed by atoms with Crippen LogP contribution in [-0.2, 0) is 33.1 Å². The van der Waals surface area contributed by atoms with Crippen molar-refractivity contribution in [2.24, 2.45) is 0 Å². The Labute approximate surface area is 256 Å². The Bertz CT molecular complexity index is 701. The fourth-order valence-corrected chi connectivity index (χ4v) is 9.13. The van der Waals surface area contributed by atoms with Crippen LogP contribution in [0.4, 0.5) is 0 Å². The Morgan fingerprint density at radius 2 is 0.972 bits per heavy atom. The molecule has 0 atom stereocenters. The maximum Gasteiger partial charge on any atom is 0.183 e. The molecule has 2 aliphatic rings. The SMILES string of the molecule is C[C](C)=[Zr+2].C[Si](C)(C)OCC[Si](C)(C)C1=[C-]CC=C1.C[Si](C)(C)OCC[Si](C)(C)C1=[C-]CC=C1.[Cl-].[Cl-]. The molecule has 208 valence electrons. The molecular weight excluding hydrogens is 631 g/mol. The maximum atomic E-state index is 5.93. The second-order valence-corrected chi connectivity index (χ2v) is 33.7. The van der Waals surface area contributed by atoms with Crippen LogP contribution in [0.5, 0.6) is 0 Å². The van der Waals surface area contributed by atoms with Crippen molar-refractivity contribution in [3.63, 3.8) is 0 Å². The van der Waals surface area contributed by atoms with E-state index in [1.165, 1.54) is 25.7 Å². The third-order valence-electron chi connectivity index (χ3n) is 5.37. The molecule has 0 aromatic carbocycles. The molecule has 9 heteroatoms. The zero-order valence-electron chi connectivity index (χ0n) is 25.1. The number of halogens is 2. The molecule has 0 spiro atoms. The van der Waals surface area contributed by atoms with Gasteiger partial charge in [-0.1, -0.05) is 26.2 Å². The quantitative estimate of drug-likeness (QED) is 0.260. The van der Waals surface area contributed by atoms with Gasteiger partial charge in [0, 0.05) is 29.4 Å². The molecule has 0 aromatic rings. The predicted molar refractivity (Wildman–Crippen MR) is 161 cm³/mol. The van der Waals surface area contributed by atoms with Crippen molar-refractivity contribution in [3.8, 4) is 0 Å². The van der Waals surface area contributed by atoms with E-state index in [-0.39, 0.29) is 24.8 Å². The number of rotatable bonds is 10. The summed E-state index contributed by atoms with van der Waals surface area (Å²) in [6, 6.07) is 2.45. The van der Waals surface area contributed by atoms with Gasteiger partial charge < -0.3 is 33.7 Å². The fourth-order valence-electron chi connectivity index (χ4n) is 3.23. The second kappa shape index (κ2) is 19.2. The molecule has 0 amide bonds. The van der Waals surface area contributed by atoms with Gasteiger partial charge in [-0.3, -0.25) is 12.2 Å². The third kappa shape index (κ3) is 22.0. The first kappa shape index (κ1) is 41.6. The van der Waals surface area contributed by atoms with Crippen LogP contribution in [-0.4, -0.2) is 49.2 Å². The molecule has 0 unspecified atom stereocenters. The molecule has 36 heavy (non-hydrogen) atoms. The molecule has 0 N–H and O–H groups in total. The van der Waals surface area contributed by atoms with Gasteiger partial charge in [-0.2, -0.15) is 12.2 Å². The zero-order valence-corrected chi connectivity index (χ0v) is 33.1. The van der Waals surface area contributed by atoms with Gasteiger partial charge in [-0.05, 0) is 51.4 Å². The summed E-state index contributed by atoms with van der Waals surface area (Å²) in [5.74, 6) is 0. The molecule has 2 rings (SSSR count). The molecule has 0 aromatic heterocycles. The second-order valence-electron chi connectivity index (χ2n) is 12.6. The molecule has 0 heterocycles. The topological polar surface area (TPSA) is 18.5 Å². The van der Waals surface area contributed by atoms with E-state index in [0.29, 0.717) is 0 Å². The predicted octanol–water partition coefficient (Wildman–Crippen LogP) is 2.30. The van der Waals surface area contributed by atoms with Crippen LogP contribution in [0.3, 0.4) is 0 Å². The largest absolute Gasteiger partial charge is 1.00 e. The van der Waals surface area contributed by atoms with E-state index in [2.05, 4.69) is 116 Å². The van der Waals surface area contributed by atoms with Crippen LogP contribution in [0.1, 0.15) is 26.7 Å². The summed E-state index contributed by atoms with van der Waals surface area (Å²) in [6.45, 7) is 29.3. The smallest absolute Gasteiger partial charge is 0.183 e. The monoisotopic (exact) mass is 680 g/mol. The normalized spacial score (nSPS) is 14.9. The minimum atomic E-state index is -1.32. The van der Waals surface area contributed by atoms with E-state index in [9.17, 15) is 0 Å². The summed E-state index contributed by atoms with van der Waals surface area (Å²) in [7, 11) is -5.15. The Balaban J connectivity index is -0.000000502. The first-order valence-corrected chi connectivity index (χ1v) is 27.2. The summed E-state index contributed by atoms with van der Waals surface area (Å²) in [5.41, 5.74) is 0. The van der Waals surface area contributed by atoms with Crippen molar-refractivity contribution in [1.29, 1.82) is 0 Å². The molecule has 0 aliphatic heterocycles. The summed E-state index contributed by atoms with van der Waals surface area (Å²) in [6.07, 6.45) is 17.9. The number of hydrogen-bond donors (Lipinski definition) is 0. The minimum absolute atomic E-state index is 0. The van der Waals surface area contributed by atoms with E-state index in [4.69, 9.17) is 8.85 Å². The van der Waals surface area contributed by atoms with E-state index in [0.717, 1.165) is 26.1 Å². The third-order valence-corrected chi connectivity index (χ3v) is 14.0. The van der Waals surface area contributed by atoms with Gasteiger partial charge in [0.2, 0.25) is 0 Å². The van der Waals surface area contributed by atoms with Crippen LogP contribution >= 0.6 is 0 Å². The van der Waals surface area contributed by atoms with Crippen LogP contribution < -0.4 is 24.8 Å². The average molecular weight is 683 g/mol. The van der Waals surface area contributed by atoms with E-state index in [1.807, 2.05) is 0 Å². The van der Waals surface area contributed by atoms with Gasteiger partial charge in [0.1, 0.15) is 0 Å². The standard InChI is InChI=1S/2C12H23OSi2.C3H6.2ClH.Zr/c2*1-14(2,3)13-10-11-15(4,5)12-8-6-7-9-12;1-3-2;;;/h2*6,8H,7,10-11H2,1-5H3;1-2H3;2*1H;/q2*-1;;;;+2/p-2. The van der Waals surface area contributed by atoms with Gasteiger partial charge in [0.25, 0.3) is 0 Å². The van der Waals surface area contributed by atoms with Crippen LogP contribution in [0.2, 0.25) is 77.6 Å². The van der Waals surface area contributed by atoms with E-state index in [1.54, 1.807) is 24.2 Å². The van der Waals surface area contributed by atoms with Crippen LogP contribution in [0, 0.1) is 12.2 Å². The number of allylic oxidation sites excluding steroid dienone is 8. The van der Waals surface area contributed by atoms with Crippen molar-refractivity contribution >= 4 is 36.0 Å². The van der Waals surface area contributed by atoms with Crippen LogP contribution in [0.15, 0.2) is 34.7 Å². The first-order chi connectivity index (χ1) is 15.4. The van der Waals surface area contributed by atoms with Gasteiger partial charge in [-0.25, -0.2) is 22.5 Å². The molecule has 0 saturated carbocycles. The van der Waals surface area contributed by atoms with Crippen molar-refractivity contribution in [2.45, 2.75) is 104 Å². The molecule has 0 fully saturated rings. The van der Waals surface area contributed by atoms with Gasteiger partial charge >= 0.3 is 41.3 Å². The summed E-state index contributed by atoms with van der Waals surface area (Å²) < 4.78 is 13.4. The van der Waals surface area contributed by atoms with Crippen molar-refractivity contribution in [1.82, 2.24) is 0 Å². The number of hydrogen-bond acceptors (Lipinski definition) is 2. The van der Waals surface area contributed by atoms with Crippen molar-refractivity contribution in [2.75, 3.05) is 13.2 Å². The van der Waals surface area contributed by atoms with Gasteiger partial charge in [0.05, 0.1) is 0 Å². The molecular formula is C27H52Cl2O2Si4Zr-2. The molecule has 0 radical (unpaired) electrons. The molecule has 2 nitrogen and oxygen atoms in total. The Kier molecular flexibility index (Phi) is 22.2. The summed E-state index contributed by atoms with van der Waals surface area (Å²) in [4.78, 5) is 0. The zero-order chi connectivity index (χ0) is 26.6. The average Bonchev–Trinajstić information content (AvgIpc) is 3.34. The van der Waals surface area contributed by atoms with Crippen molar-refractivity contribution in [3.05, 3.63) is 46.8 Å². The molecule has 0 saturated heterocycles. The Hall–Kier alpha value is 1.08. The molecule has 2 aliphatic carbocycles. The van der Waals surface area contributed by atoms with E-state index < -0.39 is 32.8 Å². The van der Waals surface area contributed by atoms with Crippen molar-refractivity contribution < 1.29 is 57.9 Å². The summed E-state index contributed by atoms with van der Waals surface area (Å²) >= 11 is 1.55. The van der Waals surface area contributed by atoms with Crippen LogP contribution in [0.25, 0.3) is 0 Å². The Morgan fingerprint density at radius 3 is 1.17 bits per heavy atom. The minimum Gasteiger partial charge on any atom is -1.00 e. The summed E-state index contributed by atoms with van der Waals surface area (Å²) in [5, 5.41) is 2.98. The molecule has 0 bridgehead atoms. The van der Waals surface area contributed by atoms with Gasteiger partial charge in [-0.15, -0.1) is 12.8 Å². The fraction of sp³-hybridized carbons (Fsp3) is 0.667. The van der Waals surface area contributed by atoms with Gasteiger partial charge in [0.15, 0.2) is 16.6 Å².